The number of oxazole rings is 1. The molecule has 0 aliphatic heterocycles. The summed E-state index contributed by atoms with van der Waals surface area (Å²) in [6.45, 7) is 3.81. The Morgan fingerprint density at radius 3 is 2.74 bits per heavy atom. The third-order valence-electron chi connectivity index (χ3n) is 4.58. The third kappa shape index (κ3) is 3.88. The molecule has 1 fully saturated rings. The van der Waals surface area contributed by atoms with Crippen LogP contribution in [-0.2, 0) is 4.79 Å². The Hall–Kier alpha value is -2.67. The van der Waals surface area contributed by atoms with E-state index in [1.54, 1.807) is 18.2 Å². The van der Waals surface area contributed by atoms with Crippen molar-refractivity contribution in [2.45, 2.75) is 38.6 Å². The number of benzene rings is 1. The summed E-state index contributed by atoms with van der Waals surface area (Å²) < 4.78 is 5.75. The molecule has 1 aromatic carbocycles. The lowest BCUT2D eigenvalue weighted by molar-refractivity contribution is -0.118. The number of aromatic nitrogens is 1. The minimum Gasteiger partial charge on any atom is -0.440 e. The molecule has 6 nitrogen and oxygen atoms in total. The second-order valence-corrected chi connectivity index (χ2v) is 8.12. The van der Waals surface area contributed by atoms with E-state index < -0.39 is 6.04 Å². The molecule has 2 amide bonds. The lowest BCUT2D eigenvalue weighted by atomic mass is 10.0. The topological polar surface area (TPSA) is 84.2 Å². The van der Waals surface area contributed by atoms with E-state index in [2.05, 4.69) is 15.6 Å². The molecule has 2 heterocycles. The molecule has 140 valence electrons. The molecule has 0 bridgehead atoms. The maximum atomic E-state index is 12.8. The Labute approximate surface area is 161 Å². The summed E-state index contributed by atoms with van der Waals surface area (Å²) in [7, 11) is 0. The van der Waals surface area contributed by atoms with Crippen molar-refractivity contribution in [2.24, 2.45) is 5.92 Å². The average Bonchev–Trinajstić information content (AvgIpc) is 3.17. The van der Waals surface area contributed by atoms with Crippen molar-refractivity contribution in [3.05, 3.63) is 46.5 Å². The zero-order valence-corrected chi connectivity index (χ0v) is 16.0. The van der Waals surface area contributed by atoms with Crippen molar-refractivity contribution in [1.82, 2.24) is 10.3 Å². The number of hydrogen-bond donors (Lipinski definition) is 2. The van der Waals surface area contributed by atoms with E-state index in [0.29, 0.717) is 16.5 Å². The average molecular weight is 383 g/mol. The molecule has 0 saturated heterocycles. The quantitative estimate of drug-likeness (QED) is 0.669. The number of fused-ring (bicyclic) bond motifs is 1. The summed E-state index contributed by atoms with van der Waals surface area (Å²) >= 11 is 1.35. The van der Waals surface area contributed by atoms with Crippen LogP contribution in [0.4, 0.5) is 5.69 Å². The van der Waals surface area contributed by atoms with Crippen LogP contribution in [0.3, 0.4) is 0 Å². The SMILES string of the molecule is CC(C)C(NC(=O)c1cccs1)C(=O)Nc1ccc2oc(C3CC3)nc2c1. The molecule has 7 heteroatoms. The molecule has 3 aromatic rings. The van der Waals surface area contributed by atoms with Crippen molar-refractivity contribution in [3.63, 3.8) is 0 Å². The zero-order chi connectivity index (χ0) is 19.0. The molecule has 0 spiro atoms. The Morgan fingerprint density at radius 2 is 2.07 bits per heavy atom. The number of carbonyl (C=O) groups is 2. The molecule has 1 unspecified atom stereocenters. The van der Waals surface area contributed by atoms with Crippen LogP contribution in [0, 0.1) is 5.92 Å². The van der Waals surface area contributed by atoms with Crippen LogP contribution in [-0.4, -0.2) is 22.8 Å². The monoisotopic (exact) mass is 383 g/mol. The first-order valence-corrected chi connectivity index (χ1v) is 9.95. The fourth-order valence-corrected chi connectivity index (χ4v) is 3.53. The van der Waals surface area contributed by atoms with E-state index in [0.717, 1.165) is 29.8 Å². The van der Waals surface area contributed by atoms with Crippen molar-refractivity contribution < 1.29 is 14.0 Å². The molecule has 1 saturated carbocycles. The summed E-state index contributed by atoms with van der Waals surface area (Å²) in [4.78, 5) is 30.2. The molecule has 2 N–H and O–H groups in total. The van der Waals surface area contributed by atoms with Crippen LogP contribution in [0.1, 0.15) is 48.2 Å². The van der Waals surface area contributed by atoms with Crippen LogP contribution in [0.25, 0.3) is 11.1 Å². The molecule has 1 aliphatic rings. The maximum absolute atomic E-state index is 12.8. The minimum absolute atomic E-state index is 0.0498. The lowest BCUT2D eigenvalue weighted by Crippen LogP contribution is -2.46. The molecule has 0 radical (unpaired) electrons. The number of nitrogens with zero attached hydrogens (tertiary/aromatic N) is 1. The van der Waals surface area contributed by atoms with E-state index in [-0.39, 0.29) is 17.7 Å². The van der Waals surface area contributed by atoms with Gasteiger partial charge in [-0.2, -0.15) is 0 Å². The Bertz CT molecular complexity index is 974. The van der Waals surface area contributed by atoms with Gasteiger partial charge in [-0.15, -0.1) is 11.3 Å². The van der Waals surface area contributed by atoms with Crippen molar-refractivity contribution in [3.8, 4) is 0 Å². The van der Waals surface area contributed by atoms with E-state index in [1.165, 1.54) is 11.3 Å². The predicted molar refractivity (Wildman–Crippen MR) is 105 cm³/mol. The van der Waals surface area contributed by atoms with Gasteiger partial charge in [-0.1, -0.05) is 19.9 Å². The zero-order valence-electron chi connectivity index (χ0n) is 15.2. The number of nitrogens with one attached hydrogen (secondary N) is 2. The first-order valence-electron chi connectivity index (χ1n) is 9.07. The highest BCUT2D eigenvalue weighted by atomic mass is 32.1. The van der Waals surface area contributed by atoms with Crippen molar-refractivity contribution in [2.75, 3.05) is 5.32 Å². The molecule has 27 heavy (non-hydrogen) atoms. The predicted octanol–water partition coefficient (Wildman–Crippen LogP) is 4.16. The van der Waals surface area contributed by atoms with Crippen LogP contribution >= 0.6 is 11.3 Å². The normalized spacial score (nSPS) is 15.1. The summed E-state index contributed by atoms with van der Waals surface area (Å²) in [6.07, 6.45) is 2.24. The first-order chi connectivity index (χ1) is 13.0. The van der Waals surface area contributed by atoms with Gasteiger partial charge in [-0.25, -0.2) is 4.98 Å². The number of carbonyl (C=O) groups excluding carboxylic acids is 2. The van der Waals surface area contributed by atoms with E-state index in [4.69, 9.17) is 4.42 Å². The van der Waals surface area contributed by atoms with Gasteiger partial charge < -0.3 is 15.1 Å². The molecule has 4 rings (SSSR count). The van der Waals surface area contributed by atoms with Gasteiger partial charge in [0, 0.05) is 11.6 Å². The molecule has 1 atom stereocenters. The highest BCUT2D eigenvalue weighted by Crippen LogP contribution is 2.40. The molecular weight excluding hydrogens is 362 g/mol. The van der Waals surface area contributed by atoms with Crippen molar-refractivity contribution >= 4 is 39.9 Å². The second-order valence-electron chi connectivity index (χ2n) is 7.17. The second kappa shape index (κ2) is 7.15. The molecule has 1 aliphatic carbocycles. The number of rotatable bonds is 6. The Balaban J connectivity index is 1.48. The number of thiophene rings is 1. The van der Waals surface area contributed by atoms with Gasteiger partial charge in [0.1, 0.15) is 11.6 Å². The van der Waals surface area contributed by atoms with E-state index >= 15 is 0 Å². The van der Waals surface area contributed by atoms with Gasteiger partial charge in [0.25, 0.3) is 5.91 Å². The van der Waals surface area contributed by atoms with Crippen LogP contribution < -0.4 is 10.6 Å². The Morgan fingerprint density at radius 1 is 1.26 bits per heavy atom. The summed E-state index contributed by atoms with van der Waals surface area (Å²) in [6, 6.07) is 8.34. The highest BCUT2D eigenvalue weighted by molar-refractivity contribution is 7.12. The summed E-state index contributed by atoms with van der Waals surface area (Å²) in [5.41, 5.74) is 2.10. The minimum atomic E-state index is -0.630. The van der Waals surface area contributed by atoms with Gasteiger partial charge >= 0.3 is 0 Å². The third-order valence-corrected chi connectivity index (χ3v) is 5.45. The van der Waals surface area contributed by atoms with Crippen LogP contribution in [0.2, 0.25) is 0 Å². The number of amides is 2. The molecule has 2 aromatic heterocycles. The van der Waals surface area contributed by atoms with Gasteiger partial charge in [0.15, 0.2) is 11.5 Å². The largest absolute Gasteiger partial charge is 0.440 e. The highest BCUT2D eigenvalue weighted by Gasteiger charge is 2.29. The summed E-state index contributed by atoms with van der Waals surface area (Å²) in [5, 5.41) is 7.55. The van der Waals surface area contributed by atoms with Crippen LogP contribution in [0.15, 0.2) is 40.1 Å². The van der Waals surface area contributed by atoms with Gasteiger partial charge in [0.05, 0.1) is 4.88 Å². The standard InChI is InChI=1S/C20H21N3O3S/c1-11(2)17(23-18(24)16-4-3-9-27-16)19(25)21-13-7-8-15-14(10-13)22-20(26-15)12-5-6-12/h3-4,7-12,17H,5-6H2,1-2H3,(H,21,25)(H,23,24). The van der Waals surface area contributed by atoms with E-state index in [9.17, 15) is 9.59 Å². The first kappa shape index (κ1) is 17.7. The van der Waals surface area contributed by atoms with E-state index in [1.807, 2.05) is 31.4 Å². The van der Waals surface area contributed by atoms with Crippen LogP contribution in [0.5, 0.6) is 0 Å². The molecular formula is C20H21N3O3S. The van der Waals surface area contributed by atoms with Gasteiger partial charge in [-0.3, -0.25) is 9.59 Å². The number of anilines is 1. The van der Waals surface area contributed by atoms with Gasteiger partial charge in [0.2, 0.25) is 5.91 Å². The van der Waals surface area contributed by atoms with Crippen molar-refractivity contribution in [1.29, 1.82) is 0 Å². The smallest absolute Gasteiger partial charge is 0.262 e. The fourth-order valence-electron chi connectivity index (χ4n) is 2.90. The maximum Gasteiger partial charge on any atom is 0.262 e. The Kier molecular flexibility index (Phi) is 4.70. The number of hydrogen-bond acceptors (Lipinski definition) is 5. The summed E-state index contributed by atoms with van der Waals surface area (Å²) in [5.74, 6) is 0.677. The lowest BCUT2D eigenvalue weighted by Gasteiger charge is -2.21. The van der Waals surface area contributed by atoms with Gasteiger partial charge in [-0.05, 0) is 48.4 Å². The fraction of sp³-hybridized carbons (Fsp3) is 0.350.